The molecule has 0 aromatic heterocycles. The minimum atomic E-state index is -3.41. The first kappa shape index (κ1) is 16.7. The van der Waals surface area contributed by atoms with E-state index in [1.54, 1.807) is 0 Å². The zero-order valence-corrected chi connectivity index (χ0v) is 12.0. The molecule has 1 aliphatic rings. The van der Waals surface area contributed by atoms with Crippen molar-refractivity contribution < 1.29 is 13.2 Å². The summed E-state index contributed by atoms with van der Waals surface area (Å²) in [6.45, 7) is 3.19. The van der Waals surface area contributed by atoms with Gasteiger partial charge in [-0.2, -0.15) is 0 Å². The molecule has 0 saturated heterocycles. The van der Waals surface area contributed by atoms with E-state index in [2.05, 4.69) is 5.32 Å². The summed E-state index contributed by atoms with van der Waals surface area (Å²) in [5.74, 6) is -0.0401. The molecule has 1 unspecified atom stereocenters. The summed E-state index contributed by atoms with van der Waals surface area (Å²) in [7, 11) is -3.41. The van der Waals surface area contributed by atoms with Crippen LogP contribution >= 0.6 is 12.4 Å². The summed E-state index contributed by atoms with van der Waals surface area (Å²) < 4.78 is 21.5. The largest absolute Gasteiger partial charge is 0.350 e. The van der Waals surface area contributed by atoms with E-state index in [1.165, 1.54) is 13.8 Å². The lowest BCUT2D eigenvalue weighted by molar-refractivity contribution is -0.123. The number of nitrogens with one attached hydrogen (secondary N) is 1. The molecule has 102 valence electrons. The Morgan fingerprint density at radius 3 is 2.24 bits per heavy atom. The second kappa shape index (κ2) is 5.54. The second-order valence-electron chi connectivity index (χ2n) is 4.94. The van der Waals surface area contributed by atoms with Crippen LogP contribution in [0.1, 0.15) is 26.7 Å². The van der Waals surface area contributed by atoms with Crippen LogP contribution in [-0.2, 0) is 14.6 Å². The van der Waals surface area contributed by atoms with Crippen LogP contribution in [0.2, 0.25) is 0 Å². The molecule has 17 heavy (non-hydrogen) atoms. The Morgan fingerprint density at radius 2 is 1.94 bits per heavy atom. The number of halogens is 1. The van der Waals surface area contributed by atoms with Gasteiger partial charge in [-0.05, 0) is 32.6 Å². The monoisotopic (exact) mass is 284 g/mol. The molecule has 3 N–H and O–H groups in total. The van der Waals surface area contributed by atoms with E-state index in [0.29, 0.717) is 12.5 Å². The summed E-state index contributed by atoms with van der Waals surface area (Å²) >= 11 is 0. The average Bonchev–Trinajstić information content (AvgIpc) is 2.94. The summed E-state index contributed by atoms with van der Waals surface area (Å²) in [5, 5.41) is 2.73. The first-order valence-corrected chi connectivity index (χ1v) is 7.30. The second-order valence-corrected chi connectivity index (χ2v) is 7.50. The fourth-order valence-electron chi connectivity index (χ4n) is 1.38. The van der Waals surface area contributed by atoms with Crippen molar-refractivity contribution in [1.82, 2.24) is 5.32 Å². The Hall–Kier alpha value is -0.330. The van der Waals surface area contributed by atoms with E-state index < -0.39 is 20.5 Å². The third-order valence-corrected chi connectivity index (χ3v) is 5.27. The summed E-state index contributed by atoms with van der Waals surface area (Å²) in [5.41, 5.74) is 5.55. The molecule has 5 nitrogen and oxygen atoms in total. The molecular formula is C10H21ClN2O3S. The normalized spacial score (nSPS) is 18.1. The van der Waals surface area contributed by atoms with E-state index >= 15 is 0 Å². The number of carbonyl (C=O) groups excluding carboxylic acids is 1. The number of hydrogen-bond donors (Lipinski definition) is 2. The molecule has 1 fully saturated rings. The van der Waals surface area contributed by atoms with E-state index in [-0.39, 0.29) is 18.4 Å². The molecule has 0 aromatic carbocycles. The predicted molar refractivity (Wildman–Crippen MR) is 69.9 cm³/mol. The van der Waals surface area contributed by atoms with Gasteiger partial charge in [-0.3, -0.25) is 4.79 Å². The number of hydrogen-bond acceptors (Lipinski definition) is 4. The topological polar surface area (TPSA) is 89.3 Å². The Bertz CT molecular complexity index is 377. The SMILES string of the molecule is CC(C)(C(=O)NC(CN)C1CC1)S(C)(=O)=O.Cl. The molecule has 0 radical (unpaired) electrons. The molecule has 1 rings (SSSR count). The van der Waals surface area contributed by atoms with E-state index in [0.717, 1.165) is 19.1 Å². The molecule has 1 atom stereocenters. The van der Waals surface area contributed by atoms with E-state index in [1.807, 2.05) is 0 Å². The van der Waals surface area contributed by atoms with Gasteiger partial charge < -0.3 is 11.1 Å². The van der Waals surface area contributed by atoms with Crippen LogP contribution in [0.4, 0.5) is 0 Å². The number of carbonyl (C=O) groups is 1. The van der Waals surface area contributed by atoms with Gasteiger partial charge in [0, 0.05) is 18.8 Å². The lowest BCUT2D eigenvalue weighted by atomic mass is 10.1. The van der Waals surface area contributed by atoms with E-state index in [9.17, 15) is 13.2 Å². The standard InChI is InChI=1S/C10H20N2O3S.ClH/c1-10(2,16(3,14)15)9(13)12-8(6-11)7-4-5-7;/h7-8H,4-6,11H2,1-3H3,(H,12,13);1H. The van der Waals surface area contributed by atoms with Gasteiger partial charge in [0.05, 0.1) is 0 Å². The van der Waals surface area contributed by atoms with Crippen LogP contribution < -0.4 is 11.1 Å². The number of nitrogens with two attached hydrogens (primary N) is 1. The van der Waals surface area contributed by atoms with E-state index in [4.69, 9.17) is 5.73 Å². The van der Waals surface area contributed by atoms with Crippen LogP contribution in [-0.4, -0.2) is 37.9 Å². The third-order valence-electron chi connectivity index (χ3n) is 3.24. The number of amides is 1. The minimum absolute atomic E-state index is 0. The van der Waals surface area contributed by atoms with Crippen molar-refractivity contribution in [2.24, 2.45) is 11.7 Å². The first-order valence-electron chi connectivity index (χ1n) is 5.40. The molecule has 1 aliphatic carbocycles. The molecule has 1 saturated carbocycles. The minimum Gasteiger partial charge on any atom is -0.350 e. The Labute approximate surface area is 109 Å². The lowest BCUT2D eigenvalue weighted by Gasteiger charge is -2.25. The van der Waals surface area contributed by atoms with Gasteiger partial charge >= 0.3 is 0 Å². The van der Waals surface area contributed by atoms with Crippen LogP contribution in [0.3, 0.4) is 0 Å². The zero-order valence-electron chi connectivity index (χ0n) is 10.4. The van der Waals surface area contributed by atoms with Crippen molar-refractivity contribution in [3.05, 3.63) is 0 Å². The first-order chi connectivity index (χ1) is 7.20. The third kappa shape index (κ3) is 3.82. The molecule has 0 bridgehead atoms. The maximum Gasteiger partial charge on any atom is 0.241 e. The molecule has 0 aliphatic heterocycles. The van der Waals surface area contributed by atoms with Crippen LogP contribution in [0.15, 0.2) is 0 Å². The highest BCUT2D eigenvalue weighted by atomic mass is 35.5. The zero-order chi connectivity index (χ0) is 12.6. The average molecular weight is 285 g/mol. The van der Waals surface area contributed by atoms with Crippen molar-refractivity contribution in [2.45, 2.75) is 37.5 Å². The summed E-state index contributed by atoms with van der Waals surface area (Å²) in [6.07, 6.45) is 3.18. The molecule has 7 heteroatoms. The maximum atomic E-state index is 11.9. The van der Waals surface area contributed by atoms with Crippen LogP contribution in [0.5, 0.6) is 0 Å². The quantitative estimate of drug-likeness (QED) is 0.748. The Kier molecular flexibility index (Phi) is 5.43. The fraction of sp³-hybridized carbons (Fsp3) is 0.900. The summed E-state index contributed by atoms with van der Waals surface area (Å²) in [4.78, 5) is 11.9. The summed E-state index contributed by atoms with van der Waals surface area (Å²) in [6, 6.07) is -0.0893. The Balaban J connectivity index is 0.00000256. The Morgan fingerprint density at radius 1 is 1.47 bits per heavy atom. The van der Waals surface area contributed by atoms with Crippen molar-refractivity contribution in [2.75, 3.05) is 12.8 Å². The van der Waals surface area contributed by atoms with Gasteiger partial charge in [-0.25, -0.2) is 8.42 Å². The van der Waals surface area contributed by atoms with Gasteiger partial charge in [0.2, 0.25) is 5.91 Å². The maximum absolute atomic E-state index is 11.9. The van der Waals surface area contributed by atoms with Crippen LogP contribution in [0, 0.1) is 5.92 Å². The molecular weight excluding hydrogens is 264 g/mol. The number of rotatable bonds is 5. The number of sulfone groups is 1. The van der Waals surface area contributed by atoms with Crippen molar-refractivity contribution in [3.63, 3.8) is 0 Å². The van der Waals surface area contributed by atoms with Gasteiger partial charge in [-0.1, -0.05) is 0 Å². The van der Waals surface area contributed by atoms with Gasteiger partial charge in [-0.15, -0.1) is 12.4 Å². The predicted octanol–water partition coefficient (Wildman–Crippen LogP) is 0.0849. The van der Waals surface area contributed by atoms with Gasteiger partial charge in [0.1, 0.15) is 4.75 Å². The fourth-order valence-corrected chi connectivity index (χ4v) is 1.77. The van der Waals surface area contributed by atoms with Crippen LogP contribution in [0.25, 0.3) is 0 Å². The van der Waals surface area contributed by atoms with Gasteiger partial charge in [0.25, 0.3) is 0 Å². The van der Waals surface area contributed by atoms with Gasteiger partial charge in [0.15, 0.2) is 9.84 Å². The highest BCUT2D eigenvalue weighted by molar-refractivity contribution is 7.92. The molecule has 0 aromatic rings. The highest BCUT2D eigenvalue weighted by Crippen LogP contribution is 2.32. The lowest BCUT2D eigenvalue weighted by Crippen LogP contribution is -2.53. The van der Waals surface area contributed by atoms with Crippen molar-refractivity contribution in [3.8, 4) is 0 Å². The smallest absolute Gasteiger partial charge is 0.241 e. The highest BCUT2D eigenvalue weighted by Gasteiger charge is 2.41. The molecule has 0 heterocycles. The van der Waals surface area contributed by atoms with Crippen molar-refractivity contribution in [1.29, 1.82) is 0 Å². The van der Waals surface area contributed by atoms with Crippen molar-refractivity contribution >= 4 is 28.2 Å². The molecule has 0 spiro atoms. The molecule has 1 amide bonds.